The van der Waals surface area contributed by atoms with E-state index in [0.29, 0.717) is 0 Å². The van der Waals surface area contributed by atoms with Crippen LogP contribution in [0.1, 0.15) is 16.6 Å². The van der Waals surface area contributed by atoms with Crippen LogP contribution in [0.2, 0.25) is 0 Å². The van der Waals surface area contributed by atoms with Gasteiger partial charge in [0.15, 0.2) is 0 Å². The van der Waals surface area contributed by atoms with Gasteiger partial charge in [-0.1, -0.05) is 70.0 Å². The van der Waals surface area contributed by atoms with E-state index in [2.05, 4.69) is 3.77 Å². The van der Waals surface area contributed by atoms with Crippen LogP contribution in [-0.2, 0) is 19.8 Å². The van der Waals surface area contributed by atoms with E-state index in [9.17, 15) is 12.6 Å². The molecular formula is C20H18FNO3S2. The van der Waals surface area contributed by atoms with Gasteiger partial charge >= 0.3 is 0 Å². The van der Waals surface area contributed by atoms with E-state index in [0.717, 1.165) is 5.56 Å². The Bertz CT molecular complexity index is 1140. The normalized spacial score (nSPS) is 14.9. The Kier molecular flexibility index (Phi) is 5.43. The van der Waals surface area contributed by atoms with Gasteiger partial charge in [-0.25, -0.2) is 8.60 Å². The maximum atomic E-state index is 15.4. The van der Waals surface area contributed by atoms with Crippen molar-refractivity contribution in [2.24, 2.45) is 3.77 Å². The van der Waals surface area contributed by atoms with Crippen molar-refractivity contribution < 1.29 is 17.0 Å². The lowest BCUT2D eigenvalue weighted by Gasteiger charge is -2.16. The van der Waals surface area contributed by atoms with E-state index >= 15 is 4.39 Å². The van der Waals surface area contributed by atoms with Gasteiger partial charge in [0.25, 0.3) is 10.0 Å². The second-order valence-corrected chi connectivity index (χ2v) is 10.0. The fourth-order valence-electron chi connectivity index (χ4n) is 2.50. The van der Waals surface area contributed by atoms with Crippen LogP contribution in [0.5, 0.6) is 0 Å². The van der Waals surface area contributed by atoms with Crippen molar-refractivity contribution >= 4 is 19.8 Å². The van der Waals surface area contributed by atoms with Crippen LogP contribution >= 0.6 is 0 Å². The molecule has 0 unspecified atom stereocenters. The molecule has 0 radical (unpaired) electrons. The number of hydrogen-bond acceptors (Lipinski definition) is 3. The summed E-state index contributed by atoms with van der Waals surface area (Å²) >= 11 is 0. The van der Waals surface area contributed by atoms with E-state index in [-0.39, 0.29) is 15.4 Å². The van der Waals surface area contributed by atoms with Gasteiger partial charge in [-0.3, -0.25) is 0 Å². The van der Waals surface area contributed by atoms with Crippen LogP contribution in [0.4, 0.5) is 4.39 Å². The molecule has 0 aliphatic heterocycles. The molecule has 0 saturated heterocycles. The number of nitrogens with zero attached hydrogens (tertiary/aromatic N) is 1. The minimum absolute atomic E-state index is 0.0255. The van der Waals surface area contributed by atoms with Crippen molar-refractivity contribution in [2.45, 2.75) is 22.2 Å². The molecule has 0 saturated carbocycles. The number of alkyl halides is 1. The average molecular weight is 404 g/mol. The molecule has 27 heavy (non-hydrogen) atoms. The van der Waals surface area contributed by atoms with E-state index in [1.807, 2.05) is 6.92 Å². The number of hydrogen-bond donors (Lipinski definition) is 0. The summed E-state index contributed by atoms with van der Waals surface area (Å²) in [4.78, 5) is -0.109. The van der Waals surface area contributed by atoms with Crippen LogP contribution in [0, 0.1) is 6.92 Å². The smallest absolute Gasteiger partial charge is 0.240 e. The summed E-state index contributed by atoms with van der Waals surface area (Å²) in [5, 5.41) is 0. The van der Waals surface area contributed by atoms with Gasteiger partial charge in [0.1, 0.15) is 9.73 Å². The molecular weight excluding hydrogens is 385 g/mol. The first-order chi connectivity index (χ1) is 12.8. The quantitative estimate of drug-likeness (QED) is 0.610. The Morgan fingerprint density at radius 1 is 0.741 bits per heavy atom. The number of aryl methyl sites for hydroxylation is 1. The van der Waals surface area contributed by atoms with Gasteiger partial charge in [-0.05, 0) is 31.2 Å². The van der Waals surface area contributed by atoms with Crippen molar-refractivity contribution in [3.05, 3.63) is 96.1 Å². The summed E-state index contributed by atoms with van der Waals surface area (Å²) in [5.74, 6) is 0. The highest BCUT2D eigenvalue weighted by Gasteiger charge is 2.30. The molecule has 4 nitrogen and oxygen atoms in total. The van der Waals surface area contributed by atoms with Crippen molar-refractivity contribution in [1.29, 1.82) is 0 Å². The van der Waals surface area contributed by atoms with Gasteiger partial charge in [0, 0.05) is 5.56 Å². The van der Waals surface area contributed by atoms with Gasteiger partial charge in [-0.2, -0.15) is 8.42 Å². The molecule has 3 aromatic rings. The molecule has 0 heterocycles. The maximum Gasteiger partial charge on any atom is 0.290 e. The van der Waals surface area contributed by atoms with Crippen LogP contribution in [-0.4, -0.2) is 12.6 Å². The predicted molar refractivity (Wildman–Crippen MR) is 104 cm³/mol. The lowest BCUT2D eigenvalue weighted by molar-refractivity contribution is 0.450. The zero-order chi connectivity index (χ0) is 19.5. The molecule has 140 valence electrons. The van der Waals surface area contributed by atoms with Crippen LogP contribution in [0.3, 0.4) is 0 Å². The first kappa shape index (κ1) is 19.3. The molecule has 0 aliphatic carbocycles. The number of benzene rings is 3. The summed E-state index contributed by atoms with van der Waals surface area (Å²) in [6, 6.07) is 21.4. The highest BCUT2D eigenvalue weighted by molar-refractivity contribution is 8.03. The molecule has 0 aromatic heterocycles. The minimum atomic E-state index is -4.32. The fraction of sp³-hybridized carbons (Fsp3) is 0.100. The topological polar surface area (TPSA) is 63.6 Å². The first-order valence-electron chi connectivity index (χ1n) is 8.16. The SMILES string of the molecule is Cc1ccc([C@@H](F)[S@@](=O)(=NS(=O)(=O)c2ccccc2)c2ccccc2)cc1. The van der Waals surface area contributed by atoms with Gasteiger partial charge < -0.3 is 0 Å². The highest BCUT2D eigenvalue weighted by Crippen LogP contribution is 2.34. The fourth-order valence-corrected chi connectivity index (χ4v) is 6.47. The Balaban J connectivity index is 2.23. The van der Waals surface area contributed by atoms with Crippen molar-refractivity contribution in [3.63, 3.8) is 0 Å². The standard InChI is InChI=1S/C20H18FNO3S2/c1-16-12-14-17(15-13-16)20(21)26(23,18-8-4-2-5-9-18)22-27(24,25)19-10-6-3-7-11-19/h2-15,20H,1H3/t20-,26+/m0/s1. The number of sulfonamides is 1. The van der Waals surface area contributed by atoms with Gasteiger partial charge in [0.05, 0.1) is 9.79 Å². The van der Waals surface area contributed by atoms with Crippen LogP contribution in [0.25, 0.3) is 0 Å². The second kappa shape index (κ2) is 7.62. The summed E-state index contributed by atoms with van der Waals surface area (Å²) in [7, 11) is -8.27. The lowest BCUT2D eigenvalue weighted by Crippen LogP contribution is -2.13. The molecule has 0 aliphatic rings. The van der Waals surface area contributed by atoms with E-state index in [4.69, 9.17) is 0 Å². The zero-order valence-corrected chi connectivity index (χ0v) is 16.2. The van der Waals surface area contributed by atoms with Crippen molar-refractivity contribution in [2.75, 3.05) is 0 Å². The van der Waals surface area contributed by atoms with E-state index in [1.54, 1.807) is 36.4 Å². The lowest BCUT2D eigenvalue weighted by atomic mass is 10.2. The first-order valence-corrected chi connectivity index (χ1v) is 11.2. The van der Waals surface area contributed by atoms with Crippen LogP contribution < -0.4 is 0 Å². The minimum Gasteiger partial charge on any atom is -0.240 e. The molecule has 3 aromatic carbocycles. The van der Waals surface area contributed by atoms with Gasteiger partial charge in [-0.15, -0.1) is 0 Å². The summed E-state index contributed by atoms with van der Waals surface area (Å²) in [5.41, 5.74) is -1.08. The molecule has 7 heteroatoms. The molecule has 0 spiro atoms. The summed E-state index contributed by atoms with van der Waals surface area (Å²) in [6.45, 7) is 1.84. The molecule has 2 atom stereocenters. The Morgan fingerprint density at radius 3 is 1.74 bits per heavy atom. The molecule has 0 bridgehead atoms. The summed E-state index contributed by atoms with van der Waals surface area (Å²) < 4.78 is 58.1. The number of halogens is 1. The number of rotatable bonds is 5. The third-order valence-electron chi connectivity index (χ3n) is 3.95. The van der Waals surface area contributed by atoms with E-state index in [1.165, 1.54) is 48.5 Å². The Morgan fingerprint density at radius 2 is 1.22 bits per heavy atom. The molecule has 0 N–H and O–H groups in total. The monoisotopic (exact) mass is 403 g/mol. The van der Waals surface area contributed by atoms with Crippen LogP contribution in [0.15, 0.2) is 98.5 Å². The summed E-state index contributed by atoms with van der Waals surface area (Å²) in [6.07, 6.45) is 0. The van der Waals surface area contributed by atoms with Gasteiger partial charge in [0.2, 0.25) is 5.50 Å². The maximum absolute atomic E-state index is 15.4. The zero-order valence-electron chi connectivity index (χ0n) is 14.5. The third kappa shape index (κ3) is 4.09. The van der Waals surface area contributed by atoms with E-state index < -0.39 is 25.3 Å². The van der Waals surface area contributed by atoms with Crippen molar-refractivity contribution in [1.82, 2.24) is 0 Å². The highest BCUT2D eigenvalue weighted by atomic mass is 32.3. The molecule has 0 amide bonds. The molecule has 0 fully saturated rings. The second-order valence-electron chi connectivity index (χ2n) is 5.97. The largest absolute Gasteiger partial charge is 0.290 e. The average Bonchev–Trinajstić information content (AvgIpc) is 2.69. The Labute approximate surface area is 158 Å². The van der Waals surface area contributed by atoms with Crippen molar-refractivity contribution in [3.8, 4) is 0 Å². The third-order valence-corrected chi connectivity index (χ3v) is 8.27. The molecule has 3 rings (SSSR count). The predicted octanol–water partition coefficient (Wildman–Crippen LogP) is 4.88. The Hall–Kier alpha value is -2.51.